The molecule has 5 rings (SSSR count). The molecule has 2 fully saturated rings. The van der Waals surface area contributed by atoms with E-state index in [9.17, 15) is 9.59 Å². The maximum Gasteiger partial charge on any atom is 0.271 e. The minimum atomic E-state index is -0.0407. The highest BCUT2D eigenvalue weighted by molar-refractivity contribution is 5.93. The van der Waals surface area contributed by atoms with E-state index in [1.807, 2.05) is 34.1 Å². The van der Waals surface area contributed by atoms with E-state index in [-0.39, 0.29) is 17.2 Å². The van der Waals surface area contributed by atoms with Crippen molar-refractivity contribution in [2.24, 2.45) is 5.41 Å². The Labute approximate surface area is 180 Å². The number of hydrogen-bond acceptors (Lipinski definition) is 5. The molecule has 2 aliphatic rings. The first kappa shape index (κ1) is 19.4. The largest absolute Gasteiger partial charge is 0.342 e. The highest BCUT2D eigenvalue weighted by Gasteiger charge is 2.46. The van der Waals surface area contributed by atoms with Gasteiger partial charge < -0.3 is 9.80 Å². The van der Waals surface area contributed by atoms with Gasteiger partial charge in [0.05, 0.1) is 12.1 Å². The van der Waals surface area contributed by atoms with Gasteiger partial charge >= 0.3 is 0 Å². The van der Waals surface area contributed by atoms with E-state index in [0.29, 0.717) is 37.4 Å². The zero-order valence-electron chi connectivity index (χ0n) is 17.2. The van der Waals surface area contributed by atoms with Crippen LogP contribution in [0, 0.1) is 5.41 Å². The maximum atomic E-state index is 13.0. The summed E-state index contributed by atoms with van der Waals surface area (Å²) in [6, 6.07) is 9.30. The number of nitrogens with zero attached hydrogens (tertiary/aromatic N) is 5. The van der Waals surface area contributed by atoms with Crippen molar-refractivity contribution in [3.05, 3.63) is 66.4 Å². The van der Waals surface area contributed by atoms with E-state index in [0.717, 1.165) is 30.5 Å². The molecule has 31 heavy (non-hydrogen) atoms. The van der Waals surface area contributed by atoms with Gasteiger partial charge in [0.15, 0.2) is 0 Å². The first-order chi connectivity index (χ1) is 15.1. The molecular formula is C23H24N6O2. The van der Waals surface area contributed by atoms with E-state index < -0.39 is 0 Å². The van der Waals surface area contributed by atoms with E-state index in [2.05, 4.69) is 20.2 Å². The lowest BCUT2D eigenvalue weighted by Gasteiger charge is -2.24. The summed E-state index contributed by atoms with van der Waals surface area (Å²) in [5.41, 5.74) is 3.04. The lowest BCUT2D eigenvalue weighted by atomic mass is 9.86. The first-order valence-electron chi connectivity index (χ1n) is 10.5. The quantitative estimate of drug-likeness (QED) is 0.703. The van der Waals surface area contributed by atoms with Gasteiger partial charge in [-0.2, -0.15) is 5.10 Å². The number of nitrogens with one attached hydrogen (secondary N) is 1. The van der Waals surface area contributed by atoms with Crippen LogP contribution in [0.25, 0.3) is 11.3 Å². The van der Waals surface area contributed by atoms with Crippen molar-refractivity contribution in [2.45, 2.75) is 19.3 Å². The molecule has 3 aromatic rings. The van der Waals surface area contributed by atoms with Crippen LogP contribution in [0.5, 0.6) is 0 Å². The monoisotopic (exact) mass is 416 g/mol. The Morgan fingerprint density at radius 2 is 1.77 bits per heavy atom. The summed E-state index contributed by atoms with van der Waals surface area (Å²) in [4.78, 5) is 37.7. The number of pyridine rings is 2. The maximum absolute atomic E-state index is 13.0. The number of aromatic amines is 1. The van der Waals surface area contributed by atoms with E-state index in [1.165, 1.54) is 0 Å². The van der Waals surface area contributed by atoms with Crippen molar-refractivity contribution in [1.29, 1.82) is 0 Å². The molecule has 1 spiro atoms. The molecule has 8 nitrogen and oxygen atoms in total. The second-order valence-corrected chi connectivity index (χ2v) is 8.48. The standard InChI is InChI=1S/C23H24N6O2/c30-21(12-17-3-8-24-9-4-17)28-10-5-23(15-28)6-11-29(16-23)22(31)20-13-19(26-27-20)18-2-1-7-25-14-18/h1-4,7-9,13-14H,5-6,10-12,15-16H2,(H,26,27). The van der Waals surface area contributed by atoms with Crippen molar-refractivity contribution >= 4 is 11.8 Å². The highest BCUT2D eigenvalue weighted by atomic mass is 16.2. The van der Waals surface area contributed by atoms with Crippen molar-refractivity contribution in [1.82, 2.24) is 30.0 Å². The molecule has 1 unspecified atom stereocenters. The van der Waals surface area contributed by atoms with Crippen LogP contribution in [0.4, 0.5) is 0 Å². The van der Waals surface area contributed by atoms with Crippen LogP contribution in [0.2, 0.25) is 0 Å². The molecule has 1 N–H and O–H groups in total. The Morgan fingerprint density at radius 3 is 2.55 bits per heavy atom. The fraction of sp³-hybridized carbons (Fsp3) is 0.348. The summed E-state index contributed by atoms with van der Waals surface area (Å²) in [5.74, 6) is 0.101. The summed E-state index contributed by atoms with van der Waals surface area (Å²) in [5, 5.41) is 7.15. The van der Waals surface area contributed by atoms with Crippen LogP contribution in [-0.4, -0.2) is 68.0 Å². The lowest BCUT2D eigenvalue weighted by Crippen LogP contribution is -2.36. The van der Waals surface area contributed by atoms with Crippen molar-refractivity contribution in [2.75, 3.05) is 26.2 Å². The zero-order valence-corrected chi connectivity index (χ0v) is 17.2. The molecule has 0 bridgehead atoms. The van der Waals surface area contributed by atoms with Crippen LogP contribution in [-0.2, 0) is 11.2 Å². The number of rotatable bonds is 4. The first-order valence-corrected chi connectivity index (χ1v) is 10.5. The van der Waals surface area contributed by atoms with Gasteiger partial charge in [-0.15, -0.1) is 0 Å². The SMILES string of the molecule is O=C(Cc1ccncc1)N1CCC2(CCN(C(=O)c3cc(-c4cccnc4)n[nH]3)C2)C1. The molecule has 158 valence electrons. The number of amides is 2. The van der Waals surface area contributed by atoms with E-state index in [4.69, 9.17) is 0 Å². The molecule has 3 aromatic heterocycles. The van der Waals surface area contributed by atoms with Crippen molar-refractivity contribution < 1.29 is 9.59 Å². The summed E-state index contributed by atoms with van der Waals surface area (Å²) in [6.45, 7) is 2.84. The Balaban J connectivity index is 1.21. The topological polar surface area (TPSA) is 95.1 Å². The summed E-state index contributed by atoms with van der Waals surface area (Å²) >= 11 is 0. The van der Waals surface area contributed by atoms with Gasteiger partial charge in [0, 0.05) is 61.9 Å². The highest BCUT2D eigenvalue weighted by Crippen LogP contribution is 2.40. The molecule has 0 saturated carbocycles. The van der Waals surface area contributed by atoms with Crippen molar-refractivity contribution in [3.8, 4) is 11.3 Å². The molecule has 8 heteroatoms. The Kier molecular flexibility index (Phi) is 4.97. The summed E-state index contributed by atoms with van der Waals surface area (Å²) in [7, 11) is 0. The van der Waals surface area contributed by atoms with Crippen molar-refractivity contribution in [3.63, 3.8) is 0 Å². The minimum Gasteiger partial charge on any atom is -0.342 e. The number of carbonyl (C=O) groups is 2. The molecule has 2 aliphatic heterocycles. The normalized spacial score (nSPS) is 20.5. The number of likely N-dealkylation sites (tertiary alicyclic amines) is 2. The van der Waals surface area contributed by atoms with Gasteiger partial charge in [0.2, 0.25) is 5.91 Å². The number of hydrogen-bond donors (Lipinski definition) is 1. The molecule has 0 radical (unpaired) electrons. The minimum absolute atomic E-state index is 0.00420. The summed E-state index contributed by atoms with van der Waals surface area (Å²) < 4.78 is 0. The van der Waals surface area contributed by atoms with Gasteiger partial charge in [-0.3, -0.25) is 24.7 Å². The third-order valence-electron chi connectivity index (χ3n) is 6.39. The number of H-pyrrole nitrogens is 1. The fourth-order valence-corrected chi connectivity index (χ4v) is 4.64. The molecule has 2 saturated heterocycles. The fourth-order valence-electron chi connectivity index (χ4n) is 4.64. The van der Waals surface area contributed by atoms with Gasteiger partial charge in [0.25, 0.3) is 5.91 Å². The van der Waals surface area contributed by atoms with Gasteiger partial charge in [-0.05, 0) is 48.7 Å². The molecule has 2 amide bonds. The van der Waals surface area contributed by atoms with E-state index in [1.54, 1.807) is 30.9 Å². The molecule has 0 aromatic carbocycles. The van der Waals surface area contributed by atoms with Crippen LogP contribution < -0.4 is 0 Å². The lowest BCUT2D eigenvalue weighted by molar-refractivity contribution is -0.129. The average Bonchev–Trinajstić information content (AvgIpc) is 3.55. The molecule has 0 aliphatic carbocycles. The Hall–Kier alpha value is -3.55. The van der Waals surface area contributed by atoms with Gasteiger partial charge in [0.1, 0.15) is 5.69 Å². The third-order valence-corrected chi connectivity index (χ3v) is 6.39. The van der Waals surface area contributed by atoms with Gasteiger partial charge in [-0.1, -0.05) is 0 Å². The number of aromatic nitrogens is 4. The van der Waals surface area contributed by atoms with Crippen LogP contribution in [0.1, 0.15) is 28.9 Å². The van der Waals surface area contributed by atoms with Crippen LogP contribution >= 0.6 is 0 Å². The van der Waals surface area contributed by atoms with E-state index >= 15 is 0 Å². The zero-order chi connectivity index (χ0) is 21.3. The van der Waals surface area contributed by atoms with Crippen LogP contribution in [0.15, 0.2) is 55.1 Å². The molecular weight excluding hydrogens is 392 g/mol. The molecule has 5 heterocycles. The predicted octanol–water partition coefficient (Wildman–Crippen LogP) is 2.17. The Morgan fingerprint density at radius 1 is 1.00 bits per heavy atom. The second-order valence-electron chi connectivity index (χ2n) is 8.48. The second kappa shape index (κ2) is 7.94. The smallest absolute Gasteiger partial charge is 0.271 e. The van der Waals surface area contributed by atoms with Gasteiger partial charge in [-0.25, -0.2) is 0 Å². The molecule has 1 atom stereocenters. The predicted molar refractivity (Wildman–Crippen MR) is 114 cm³/mol. The summed E-state index contributed by atoms with van der Waals surface area (Å²) in [6.07, 6.45) is 9.11. The third kappa shape index (κ3) is 3.93. The number of carbonyl (C=O) groups excluding carboxylic acids is 2. The van der Waals surface area contributed by atoms with Crippen LogP contribution in [0.3, 0.4) is 0 Å². The average molecular weight is 416 g/mol. The Bertz CT molecular complexity index is 1080.